The molecule has 1 aliphatic heterocycles. The van der Waals surface area contributed by atoms with Crippen LogP contribution in [0.1, 0.15) is 20.3 Å². The quantitative estimate of drug-likeness (QED) is 0.438. The molecule has 35 heavy (non-hydrogen) atoms. The van der Waals surface area contributed by atoms with Crippen molar-refractivity contribution in [3.8, 4) is 28.5 Å². The van der Waals surface area contributed by atoms with E-state index in [4.69, 9.17) is 4.74 Å². The van der Waals surface area contributed by atoms with Crippen molar-refractivity contribution in [1.29, 1.82) is 0 Å². The Kier molecular flexibility index (Phi) is 5.47. The van der Waals surface area contributed by atoms with E-state index in [1.54, 1.807) is 34.0 Å². The molecular formula is C26H24FN5O3. The number of methoxy groups -OCH3 is 1. The smallest absolute Gasteiger partial charge is 0.251 e. The second kappa shape index (κ2) is 8.50. The number of aromatic nitrogens is 4. The molecule has 4 aromatic rings. The molecule has 0 unspecified atom stereocenters. The van der Waals surface area contributed by atoms with E-state index < -0.39 is 11.2 Å². The third-order valence-electron chi connectivity index (χ3n) is 6.00. The van der Waals surface area contributed by atoms with Gasteiger partial charge in [0.2, 0.25) is 5.91 Å². The average Bonchev–Trinajstić information content (AvgIpc) is 3.43. The van der Waals surface area contributed by atoms with Crippen LogP contribution in [0.25, 0.3) is 22.8 Å². The summed E-state index contributed by atoms with van der Waals surface area (Å²) in [5.74, 6) is -0.613. The van der Waals surface area contributed by atoms with Gasteiger partial charge in [0.1, 0.15) is 5.69 Å². The molecule has 0 spiro atoms. The zero-order valence-corrected chi connectivity index (χ0v) is 19.6. The van der Waals surface area contributed by atoms with Gasteiger partial charge in [-0.3, -0.25) is 9.59 Å². The minimum Gasteiger partial charge on any atom is -0.491 e. The first kappa shape index (κ1) is 22.5. The van der Waals surface area contributed by atoms with Crippen molar-refractivity contribution in [2.45, 2.75) is 20.3 Å². The molecule has 0 radical (unpaired) electrons. The van der Waals surface area contributed by atoms with Crippen LogP contribution in [0.3, 0.4) is 0 Å². The zero-order valence-electron chi connectivity index (χ0n) is 19.6. The van der Waals surface area contributed by atoms with Crippen LogP contribution < -0.4 is 15.1 Å². The van der Waals surface area contributed by atoms with Gasteiger partial charge >= 0.3 is 0 Å². The lowest BCUT2D eigenvalue weighted by atomic mass is 9.93. The first-order chi connectivity index (χ1) is 16.8. The summed E-state index contributed by atoms with van der Waals surface area (Å²) < 4.78 is 23.5. The van der Waals surface area contributed by atoms with Gasteiger partial charge in [0, 0.05) is 18.7 Å². The molecule has 178 valence electrons. The molecule has 0 saturated carbocycles. The number of nitrogens with zero attached hydrogens (tertiary/aromatic N) is 5. The second-order valence-corrected chi connectivity index (χ2v) is 9.24. The van der Waals surface area contributed by atoms with Gasteiger partial charge in [-0.2, -0.15) is 10.2 Å². The molecule has 0 N–H and O–H groups in total. The molecule has 8 nitrogen and oxygen atoms in total. The number of carbonyl (C=O) groups is 1. The number of para-hydroxylation sites is 1. The third-order valence-corrected chi connectivity index (χ3v) is 6.00. The number of benzene rings is 2. The summed E-state index contributed by atoms with van der Waals surface area (Å²) in [6, 6.07) is 15.5. The fourth-order valence-corrected chi connectivity index (χ4v) is 4.32. The Morgan fingerprint density at radius 1 is 1.03 bits per heavy atom. The summed E-state index contributed by atoms with van der Waals surface area (Å²) in [4.78, 5) is 27.1. The molecule has 9 heteroatoms. The molecule has 3 heterocycles. The van der Waals surface area contributed by atoms with Gasteiger partial charge < -0.3 is 9.64 Å². The Hall–Kier alpha value is -4.27. The second-order valence-electron chi connectivity index (χ2n) is 9.24. The highest BCUT2D eigenvalue weighted by Gasteiger charge is 2.36. The maximum atomic E-state index is 15.3. The van der Waals surface area contributed by atoms with Crippen LogP contribution in [-0.2, 0) is 4.79 Å². The molecule has 2 aromatic carbocycles. The molecule has 2 aromatic heterocycles. The highest BCUT2D eigenvalue weighted by Crippen LogP contribution is 2.34. The van der Waals surface area contributed by atoms with Gasteiger partial charge in [0.25, 0.3) is 5.43 Å². The maximum Gasteiger partial charge on any atom is 0.251 e. The number of carbonyl (C=O) groups excluding carboxylic acids is 1. The van der Waals surface area contributed by atoms with Crippen LogP contribution >= 0.6 is 0 Å². The largest absolute Gasteiger partial charge is 0.491 e. The molecule has 0 aliphatic carbocycles. The van der Waals surface area contributed by atoms with Gasteiger partial charge in [0.15, 0.2) is 17.3 Å². The van der Waals surface area contributed by atoms with Crippen LogP contribution in [0.15, 0.2) is 71.8 Å². The van der Waals surface area contributed by atoms with Gasteiger partial charge in [-0.25, -0.2) is 13.8 Å². The average molecular weight is 474 g/mol. The van der Waals surface area contributed by atoms with Crippen molar-refractivity contribution in [3.05, 3.63) is 83.0 Å². The van der Waals surface area contributed by atoms with Crippen LogP contribution in [0.5, 0.6) is 5.75 Å². The van der Waals surface area contributed by atoms with Crippen LogP contribution in [0.4, 0.5) is 10.1 Å². The lowest BCUT2D eigenvalue weighted by molar-refractivity contribution is -0.117. The number of hydrogen-bond donors (Lipinski definition) is 0. The molecule has 0 bridgehead atoms. The Morgan fingerprint density at radius 2 is 1.80 bits per heavy atom. The lowest BCUT2D eigenvalue weighted by Crippen LogP contribution is -2.26. The summed E-state index contributed by atoms with van der Waals surface area (Å²) in [5, 5.41) is 8.78. The monoisotopic (exact) mass is 473 g/mol. The normalized spacial score (nSPS) is 15.0. The Balaban J connectivity index is 1.59. The highest BCUT2D eigenvalue weighted by molar-refractivity contribution is 5.96. The van der Waals surface area contributed by atoms with Crippen molar-refractivity contribution in [2.75, 3.05) is 18.6 Å². The van der Waals surface area contributed by atoms with Crippen molar-refractivity contribution in [2.24, 2.45) is 5.41 Å². The Morgan fingerprint density at radius 3 is 2.46 bits per heavy atom. The van der Waals surface area contributed by atoms with Gasteiger partial charge in [0.05, 0.1) is 30.9 Å². The summed E-state index contributed by atoms with van der Waals surface area (Å²) >= 11 is 0. The SMILES string of the molecule is COc1cn(-c2ccc(N3CC(C)(C)CC3=O)cc2F)nc(-c2ccnn2-c2ccccc2)c1=O. The zero-order chi connectivity index (χ0) is 24.7. The number of ether oxygens (including phenoxy) is 1. The van der Waals surface area contributed by atoms with Crippen molar-refractivity contribution < 1.29 is 13.9 Å². The predicted octanol–water partition coefficient (Wildman–Crippen LogP) is 4.00. The van der Waals surface area contributed by atoms with Gasteiger partial charge in [-0.15, -0.1) is 0 Å². The maximum absolute atomic E-state index is 15.3. The van der Waals surface area contributed by atoms with E-state index in [0.717, 1.165) is 5.69 Å². The van der Waals surface area contributed by atoms with Gasteiger partial charge in [-0.1, -0.05) is 32.0 Å². The Bertz CT molecular complexity index is 1480. The number of halogens is 1. The van der Waals surface area contributed by atoms with Crippen LogP contribution in [0.2, 0.25) is 0 Å². The first-order valence-electron chi connectivity index (χ1n) is 11.2. The van der Waals surface area contributed by atoms with Gasteiger partial charge in [-0.05, 0) is 41.8 Å². The van der Waals surface area contributed by atoms with Crippen molar-refractivity contribution in [3.63, 3.8) is 0 Å². The summed E-state index contributed by atoms with van der Waals surface area (Å²) in [6.45, 7) is 4.53. The molecule has 1 aliphatic rings. The van der Waals surface area contributed by atoms with Crippen LogP contribution in [0, 0.1) is 11.2 Å². The fraction of sp³-hybridized carbons (Fsp3) is 0.231. The summed E-state index contributed by atoms with van der Waals surface area (Å²) in [6.07, 6.45) is 3.32. The fourth-order valence-electron chi connectivity index (χ4n) is 4.32. The van der Waals surface area contributed by atoms with E-state index in [1.165, 1.54) is 24.1 Å². The number of anilines is 1. The molecule has 5 rings (SSSR count). The number of amides is 1. The Labute approximate surface area is 201 Å². The van der Waals surface area contributed by atoms with E-state index in [1.807, 2.05) is 44.2 Å². The summed E-state index contributed by atoms with van der Waals surface area (Å²) in [5.41, 5.74) is 1.24. The molecule has 1 fully saturated rings. The highest BCUT2D eigenvalue weighted by atomic mass is 19.1. The topological polar surface area (TPSA) is 82.2 Å². The van der Waals surface area contributed by atoms with E-state index in [-0.39, 0.29) is 28.5 Å². The standard InChI is InChI=1S/C26H24FN5O3/c1-26(2)14-23(33)30(16-26)18-9-10-20(19(27)13-18)31-15-22(35-3)25(34)24(29-31)21-11-12-28-32(21)17-7-5-4-6-8-17/h4-13,15H,14,16H2,1-3H3. The van der Waals surface area contributed by atoms with Crippen LogP contribution in [-0.4, -0.2) is 39.1 Å². The molecular weight excluding hydrogens is 449 g/mol. The number of rotatable bonds is 5. The lowest BCUT2D eigenvalue weighted by Gasteiger charge is -2.20. The predicted molar refractivity (Wildman–Crippen MR) is 130 cm³/mol. The number of hydrogen-bond acceptors (Lipinski definition) is 5. The van der Waals surface area contributed by atoms with E-state index >= 15 is 4.39 Å². The first-order valence-corrected chi connectivity index (χ1v) is 11.2. The third kappa shape index (κ3) is 4.09. The van der Waals surface area contributed by atoms with Crippen molar-refractivity contribution >= 4 is 11.6 Å². The minimum absolute atomic E-state index is 0.00996. The molecule has 1 amide bonds. The summed E-state index contributed by atoms with van der Waals surface area (Å²) in [7, 11) is 1.37. The van der Waals surface area contributed by atoms with E-state index in [0.29, 0.717) is 24.3 Å². The van der Waals surface area contributed by atoms with Crippen molar-refractivity contribution in [1.82, 2.24) is 19.6 Å². The molecule has 0 atom stereocenters. The molecule has 1 saturated heterocycles. The van der Waals surface area contributed by atoms with E-state index in [9.17, 15) is 9.59 Å². The minimum atomic E-state index is -0.583. The van der Waals surface area contributed by atoms with E-state index in [2.05, 4.69) is 10.2 Å².